The van der Waals surface area contributed by atoms with Crippen LogP contribution in [0.3, 0.4) is 0 Å². The number of nitrogens with two attached hydrogens (primary N) is 1. The minimum Gasteiger partial charge on any atom is -0.366 e. The van der Waals surface area contributed by atoms with E-state index in [9.17, 15) is 0 Å². The first kappa shape index (κ1) is 10.1. The molecule has 6 heteroatoms. The van der Waals surface area contributed by atoms with Crippen molar-refractivity contribution in [3.05, 3.63) is 34.3 Å². The first-order chi connectivity index (χ1) is 7.15. The predicted molar refractivity (Wildman–Crippen MR) is 60.2 cm³/mol. The molecule has 0 fully saturated rings. The molecule has 2 aromatic heterocycles. The number of halogens is 1. The van der Waals surface area contributed by atoms with Gasteiger partial charge < -0.3 is 5.73 Å². The molecule has 0 bridgehead atoms. The van der Waals surface area contributed by atoms with Crippen LogP contribution >= 0.6 is 15.9 Å². The highest BCUT2D eigenvalue weighted by Gasteiger charge is 2.05. The molecule has 0 aliphatic carbocycles. The minimum absolute atomic E-state index is 0.259. The van der Waals surface area contributed by atoms with Crippen LogP contribution < -0.4 is 5.73 Å². The molecular weight excluding hydrogens is 258 g/mol. The molecular formula is C9H10BrN5. The maximum atomic E-state index is 5.47. The summed E-state index contributed by atoms with van der Waals surface area (Å²) in [5.41, 5.74) is 7.38. The first-order valence-corrected chi connectivity index (χ1v) is 5.23. The van der Waals surface area contributed by atoms with E-state index in [-0.39, 0.29) is 5.95 Å². The Morgan fingerprint density at radius 1 is 1.40 bits per heavy atom. The van der Waals surface area contributed by atoms with Gasteiger partial charge in [0.25, 0.3) is 0 Å². The summed E-state index contributed by atoms with van der Waals surface area (Å²) in [7, 11) is 0. The van der Waals surface area contributed by atoms with Gasteiger partial charge in [0.05, 0.1) is 12.2 Å². The number of hydrogen-bond acceptors (Lipinski definition) is 4. The van der Waals surface area contributed by atoms with Gasteiger partial charge in [-0.25, -0.2) is 4.68 Å². The van der Waals surface area contributed by atoms with Crippen LogP contribution in [0, 0.1) is 6.92 Å². The van der Waals surface area contributed by atoms with E-state index < -0.39 is 0 Å². The van der Waals surface area contributed by atoms with Gasteiger partial charge in [0, 0.05) is 5.69 Å². The van der Waals surface area contributed by atoms with E-state index in [0.29, 0.717) is 11.3 Å². The van der Waals surface area contributed by atoms with Gasteiger partial charge in [0.15, 0.2) is 4.73 Å². The van der Waals surface area contributed by atoms with Gasteiger partial charge in [0.2, 0.25) is 5.95 Å². The highest BCUT2D eigenvalue weighted by molar-refractivity contribution is 9.10. The van der Waals surface area contributed by atoms with E-state index in [0.717, 1.165) is 11.4 Å². The lowest BCUT2D eigenvalue weighted by Crippen LogP contribution is -2.04. The van der Waals surface area contributed by atoms with Gasteiger partial charge in [-0.3, -0.25) is 4.98 Å². The van der Waals surface area contributed by atoms with Crippen molar-refractivity contribution in [3.8, 4) is 0 Å². The largest absolute Gasteiger partial charge is 0.366 e. The van der Waals surface area contributed by atoms with Crippen molar-refractivity contribution < 1.29 is 0 Å². The lowest BCUT2D eigenvalue weighted by molar-refractivity contribution is 0.655. The van der Waals surface area contributed by atoms with Crippen LogP contribution in [0.15, 0.2) is 22.9 Å². The van der Waals surface area contributed by atoms with Gasteiger partial charge >= 0.3 is 0 Å². The standard InChI is InChI=1S/C9H10BrN5/c1-6-3-2-4-7(12-6)5-15-8(10)13-9(11)14-15/h2-4H,5H2,1H3,(H2,11,14). The molecule has 0 atom stereocenters. The molecule has 15 heavy (non-hydrogen) atoms. The summed E-state index contributed by atoms with van der Waals surface area (Å²) >= 11 is 3.27. The molecule has 2 heterocycles. The Bertz CT molecular complexity index is 479. The topological polar surface area (TPSA) is 69.6 Å². The summed E-state index contributed by atoms with van der Waals surface area (Å²) in [4.78, 5) is 8.32. The average molecular weight is 268 g/mol. The van der Waals surface area contributed by atoms with Gasteiger partial charge in [-0.15, -0.1) is 5.10 Å². The Kier molecular flexibility index (Phi) is 2.68. The highest BCUT2D eigenvalue weighted by atomic mass is 79.9. The van der Waals surface area contributed by atoms with E-state index >= 15 is 0 Å². The van der Waals surface area contributed by atoms with Gasteiger partial charge in [0.1, 0.15) is 0 Å². The Hall–Kier alpha value is -1.43. The van der Waals surface area contributed by atoms with Gasteiger partial charge in [-0.05, 0) is 35.0 Å². The summed E-state index contributed by atoms with van der Waals surface area (Å²) in [6, 6.07) is 5.86. The molecule has 0 saturated carbocycles. The van der Waals surface area contributed by atoms with Crippen LogP contribution in [-0.2, 0) is 6.54 Å². The molecule has 0 saturated heterocycles. The van der Waals surface area contributed by atoms with Crippen LogP contribution in [0.25, 0.3) is 0 Å². The summed E-state index contributed by atoms with van der Waals surface area (Å²) in [5.74, 6) is 0.259. The second kappa shape index (κ2) is 3.98. The van der Waals surface area contributed by atoms with Crippen molar-refractivity contribution in [1.82, 2.24) is 19.7 Å². The fraction of sp³-hybridized carbons (Fsp3) is 0.222. The number of aryl methyl sites for hydroxylation is 1. The lowest BCUT2D eigenvalue weighted by Gasteiger charge is -2.02. The molecule has 0 radical (unpaired) electrons. The molecule has 0 aliphatic heterocycles. The maximum Gasteiger partial charge on any atom is 0.240 e. The maximum absolute atomic E-state index is 5.47. The van der Waals surface area contributed by atoms with Crippen molar-refractivity contribution in [3.63, 3.8) is 0 Å². The number of hydrogen-bond donors (Lipinski definition) is 1. The Morgan fingerprint density at radius 3 is 2.80 bits per heavy atom. The molecule has 2 aromatic rings. The van der Waals surface area contributed by atoms with Gasteiger partial charge in [-0.2, -0.15) is 4.98 Å². The zero-order valence-electron chi connectivity index (χ0n) is 8.18. The first-order valence-electron chi connectivity index (χ1n) is 4.43. The van der Waals surface area contributed by atoms with Crippen LogP contribution in [0.2, 0.25) is 0 Å². The molecule has 0 unspecified atom stereocenters. The molecule has 78 valence electrons. The van der Waals surface area contributed by atoms with Crippen LogP contribution in [0.5, 0.6) is 0 Å². The Balaban J connectivity index is 2.25. The van der Waals surface area contributed by atoms with Crippen molar-refractivity contribution in [2.75, 3.05) is 5.73 Å². The number of aromatic nitrogens is 4. The van der Waals surface area contributed by atoms with E-state index in [1.165, 1.54) is 0 Å². The fourth-order valence-corrected chi connectivity index (χ4v) is 1.67. The van der Waals surface area contributed by atoms with Crippen LogP contribution in [-0.4, -0.2) is 19.7 Å². The van der Waals surface area contributed by atoms with Crippen molar-refractivity contribution in [1.29, 1.82) is 0 Å². The van der Waals surface area contributed by atoms with Crippen molar-refractivity contribution in [2.24, 2.45) is 0 Å². The number of anilines is 1. The van der Waals surface area contributed by atoms with Crippen LogP contribution in [0.4, 0.5) is 5.95 Å². The molecule has 5 nitrogen and oxygen atoms in total. The normalized spacial score (nSPS) is 10.5. The summed E-state index contributed by atoms with van der Waals surface area (Å²) in [6.07, 6.45) is 0. The van der Waals surface area contributed by atoms with E-state index in [1.54, 1.807) is 4.68 Å². The fourth-order valence-electron chi connectivity index (χ4n) is 1.28. The predicted octanol–water partition coefficient (Wildman–Crippen LogP) is 1.37. The van der Waals surface area contributed by atoms with Crippen LogP contribution in [0.1, 0.15) is 11.4 Å². The molecule has 0 aliphatic rings. The summed E-state index contributed by atoms with van der Waals surface area (Å²) in [6.45, 7) is 2.51. The highest BCUT2D eigenvalue weighted by Crippen LogP contribution is 2.10. The Morgan fingerprint density at radius 2 is 2.20 bits per heavy atom. The average Bonchev–Trinajstić information content (AvgIpc) is 2.45. The van der Waals surface area contributed by atoms with E-state index in [4.69, 9.17) is 5.73 Å². The molecule has 0 amide bonds. The molecule has 2 N–H and O–H groups in total. The van der Waals surface area contributed by atoms with Crippen molar-refractivity contribution >= 4 is 21.9 Å². The van der Waals surface area contributed by atoms with Gasteiger partial charge in [-0.1, -0.05) is 6.07 Å². The summed E-state index contributed by atoms with van der Waals surface area (Å²) in [5, 5.41) is 4.03. The Labute approximate surface area is 95.5 Å². The quantitative estimate of drug-likeness (QED) is 0.893. The monoisotopic (exact) mass is 267 g/mol. The minimum atomic E-state index is 0.259. The number of rotatable bonds is 2. The lowest BCUT2D eigenvalue weighted by atomic mass is 10.3. The number of nitrogen functional groups attached to an aromatic ring is 1. The zero-order chi connectivity index (χ0) is 10.8. The second-order valence-corrected chi connectivity index (χ2v) is 3.88. The summed E-state index contributed by atoms with van der Waals surface area (Å²) < 4.78 is 2.28. The second-order valence-electron chi connectivity index (χ2n) is 3.17. The van der Waals surface area contributed by atoms with E-state index in [1.807, 2.05) is 25.1 Å². The van der Waals surface area contributed by atoms with Crippen molar-refractivity contribution in [2.45, 2.75) is 13.5 Å². The third-order valence-corrected chi connectivity index (χ3v) is 2.49. The van der Waals surface area contributed by atoms with E-state index in [2.05, 4.69) is 31.0 Å². The third-order valence-electron chi connectivity index (χ3n) is 1.90. The SMILES string of the molecule is Cc1cccc(Cn2nc(N)nc2Br)n1. The molecule has 2 rings (SSSR count). The zero-order valence-corrected chi connectivity index (χ0v) is 9.77. The molecule has 0 aromatic carbocycles. The third kappa shape index (κ3) is 2.33. The smallest absolute Gasteiger partial charge is 0.240 e. The number of nitrogens with zero attached hydrogens (tertiary/aromatic N) is 4. The number of pyridine rings is 1. The molecule has 0 spiro atoms.